The molecule has 1 saturated heterocycles. The summed E-state index contributed by atoms with van der Waals surface area (Å²) >= 11 is 1.92. The fraction of sp³-hybridized carbons (Fsp3) is 1.00. The number of likely N-dealkylation sites (N-methyl/N-ethyl adjacent to an activating group) is 1. The molecule has 2 nitrogen and oxygen atoms in total. The number of piperazine rings is 1. The Hall–Kier alpha value is 0.270. The van der Waals surface area contributed by atoms with Crippen molar-refractivity contribution < 1.29 is 0 Å². The second-order valence-corrected chi connectivity index (χ2v) is 3.81. The number of hydrogen-bond donors (Lipinski definition) is 0. The molecule has 66 valence electrons. The molecule has 1 aliphatic rings. The summed E-state index contributed by atoms with van der Waals surface area (Å²) < 4.78 is 0. The standard InChI is InChI=1S/C8H18N2S/c1-3-9-4-6-10(7-5-9)8-11-2/h3-8H2,1-2H3. The third kappa shape index (κ3) is 3.01. The summed E-state index contributed by atoms with van der Waals surface area (Å²) in [5.74, 6) is 1.21. The first-order valence-electron chi connectivity index (χ1n) is 4.30. The fourth-order valence-corrected chi connectivity index (χ4v) is 2.04. The van der Waals surface area contributed by atoms with E-state index in [1.807, 2.05) is 11.8 Å². The van der Waals surface area contributed by atoms with Gasteiger partial charge in [0.2, 0.25) is 0 Å². The molecular formula is C8H18N2S. The summed E-state index contributed by atoms with van der Waals surface area (Å²) in [6.07, 6.45) is 2.17. The Bertz CT molecular complexity index is 100. The smallest absolute Gasteiger partial charge is 0.0442 e. The molecule has 0 unspecified atom stereocenters. The Morgan fingerprint density at radius 2 is 1.64 bits per heavy atom. The van der Waals surface area contributed by atoms with Crippen molar-refractivity contribution in [1.82, 2.24) is 9.80 Å². The Morgan fingerprint density at radius 1 is 1.09 bits per heavy atom. The zero-order valence-corrected chi connectivity index (χ0v) is 8.36. The van der Waals surface area contributed by atoms with Gasteiger partial charge in [-0.3, -0.25) is 4.90 Å². The third-order valence-electron chi connectivity index (χ3n) is 2.22. The molecule has 11 heavy (non-hydrogen) atoms. The average Bonchev–Trinajstić information content (AvgIpc) is 2.07. The van der Waals surface area contributed by atoms with Crippen LogP contribution in [0.1, 0.15) is 6.92 Å². The van der Waals surface area contributed by atoms with E-state index < -0.39 is 0 Å². The van der Waals surface area contributed by atoms with E-state index in [1.165, 1.54) is 38.6 Å². The van der Waals surface area contributed by atoms with Gasteiger partial charge in [0.15, 0.2) is 0 Å². The lowest BCUT2D eigenvalue weighted by Gasteiger charge is -2.33. The molecule has 0 aromatic rings. The minimum atomic E-state index is 1.21. The molecule has 0 aromatic carbocycles. The molecule has 0 saturated carbocycles. The van der Waals surface area contributed by atoms with Crippen molar-refractivity contribution in [3.63, 3.8) is 0 Å². The van der Waals surface area contributed by atoms with Crippen molar-refractivity contribution in [1.29, 1.82) is 0 Å². The Labute approximate surface area is 73.9 Å². The molecule has 1 fully saturated rings. The van der Waals surface area contributed by atoms with Gasteiger partial charge in [0.05, 0.1) is 0 Å². The third-order valence-corrected chi connectivity index (χ3v) is 2.85. The van der Waals surface area contributed by atoms with E-state index >= 15 is 0 Å². The van der Waals surface area contributed by atoms with Gasteiger partial charge in [-0.25, -0.2) is 0 Å². The van der Waals surface area contributed by atoms with Gasteiger partial charge in [0.1, 0.15) is 0 Å². The Morgan fingerprint density at radius 3 is 2.09 bits per heavy atom. The Balaban J connectivity index is 2.14. The molecule has 0 radical (unpaired) electrons. The number of hydrogen-bond acceptors (Lipinski definition) is 3. The normalized spacial score (nSPS) is 22.4. The van der Waals surface area contributed by atoms with Crippen molar-refractivity contribution in [2.45, 2.75) is 6.92 Å². The highest BCUT2D eigenvalue weighted by Gasteiger charge is 2.13. The summed E-state index contributed by atoms with van der Waals surface area (Å²) in [5.41, 5.74) is 0. The summed E-state index contributed by atoms with van der Waals surface area (Å²) in [6.45, 7) is 8.49. The van der Waals surface area contributed by atoms with Gasteiger partial charge in [-0.05, 0) is 12.8 Å². The summed E-state index contributed by atoms with van der Waals surface area (Å²) in [6, 6.07) is 0. The van der Waals surface area contributed by atoms with E-state index in [4.69, 9.17) is 0 Å². The molecule has 0 aliphatic carbocycles. The molecule has 0 bridgehead atoms. The van der Waals surface area contributed by atoms with E-state index in [0.29, 0.717) is 0 Å². The van der Waals surface area contributed by atoms with Crippen LogP contribution in [0.4, 0.5) is 0 Å². The molecule has 1 heterocycles. The van der Waals surface area contributed by atoms with Crippen LogP contribution in [0.5, 0.6) is 0 Å². The zero-order valence-electron chi connectivity index (χ0n) is 7.55. The predicted octanol–water partition coefficient (Wildman–Crippen LogP) is 0.944. The highest BCUT2D eigenvalue weighted by molar-refractivity contribution is 7.98. The van der Waals surface area contributed by atoms with Crippen LogP contribution in [0.25, 0.3) is 0 Å². The van der Waals surface area contributed by atoms with E-state index in [9.17, 15) is 0 Å². The maximum absolute atomic E-state index is 2.52. The van der Waals surface area contributed by atoms with Gasteiger partial charge in [-0.2, -0.15) is 0 Å². The van der Waals surface area contributed by atoms with Crippen molar-refractivity contribution in [3.05, 3.63) is 0 Å². The molecule has 1 rings (SSSR count). The molecular weight excluding hydrogens is 156 g/mol. The van der Waals surface area contributed by atoms with E-state index in [-0.39, 0.29) is 0 Å². The summed E-state index contributed by atoms with van der Waals surface area (Å²) in [7, 11) is 0. The average molecular weight is 174 g/mol. The quantitative estimate of drug-likeness (QED) is 0.629. The summed E-state index contributed by atoms with van der Waals surface area (Å²) in [5, 5.41) is 0. The molecule has 1 aliphatic heterocycles. The topological polar surface area (TPSA) is 6.48 Å². The van der Waals surface area contributed by atoms with Gasteiger partial charge in [-0.1, -0.05) is 6.92 Å². The molecule has 0 N–H and O–H groups in total. The molecule has 0 spiro atoms. The molecule has 0 amide bonds. The monoisotopic (exact) mass is 174 g/mol. The number of thioether (sulfide) groups is 1. The van der Waals surface area contributed by atoms with Crippen molar-refractivity contribution in [2.24, 2.45) is 0 Å². The first kappa shape index (κ1) is 9.36. The van der Waals surface area contributed by atoms with Crippen molar-refractivity contribution in [2.75, 3.05) is 44.9 Å². The lowest BCUT2D eigenvalue weighted by atomic mass is 10.3. The van der Waals surface area contributed by atoms with Gasteiger partial charge in [0.25, 0.3) is 0 Å². The van der Waals surface area contributed by atoms with Crippen LogP contribution in [-0.4, -0.2) is 54.7 Å². The van der Waals surface area contributed by atoms with Gasteiger partial charge in [-0.15, -0.1) is 11.8 Å². The first-order valence-corrected chi connectivity index (χ1v) is 5.70. The van der Waals surface area contributed by atoms with Crippen LogP contribution in [0.3, 0.4) is 0 Å². The minimum absolute atomic E-state index is 1.21. The van der Waals surface area contributed by atoms with Crippen LogP contribution in [0.2, 0.25) is 0 Å². The highest BCUT2D eigenvalue weighted by atomic mass is 32.2. The first-order chi connectivity index (χ1) is 5.36. The zero-order chi connectivity index (χ0) is 8.10. The Kier molecular flexibility index (Phi) is 4.26. The van der Waals surface area contributed by atoms with Crippen LogP contribution in [-0.2, 0) is 0 Å². The van der Waals surface area contributed by atoms with Crippen LogP contribution < -0.4 is 0 Å². The number of nitrogens with zero attached hydrogens (tertiary/aromatic N) is 2. The molecule has 3 heteroatoms. The van der Waals surface area contributed by atoms with Gasteiger partial charge >= 0.3 is 0 Å². The van der Waals surface area contributed by atoms with Crippen LogP contribution in [0.15, 0.2) is 0 Å². The van der Waals surface area contributed by atoms with Crippen molar-refractivity contribution >= 4 is 11.8 Å². The van der Waals surface area contributed by atoms with Crippen LogP contribution >= 0.6 is 11.8 Å². The highest BCUT2D eigenvalue weighted by Crippen LogP contribution is 2.04. The van der Waals surface area contributed by atoms with E-state index in [1.54, 1.807) is 0 Å². The lowest BCUT2D eigenvalue weighted by Crippen LogP contribution is -2.45. The molecule has 0 aromatic heterocycles. The lowest BCUT2D eigenvalue weighted by molar-refractivity contribution is 0.155. The predicted molar refractivity (Wildman–Crippen MR) is 52.1 cm³/mol. The maximum atomic E-state index is 2.52. The van der Waals surface area contributed by atoms with E-state index in [0.717, 1.165) is 0 Å². The van der Waals surface area contributed by atoms with Crippen molar-refractivity contribution in [3.8, 4) is 0 Å². The molecule has 0 atom stereocenters. The van der Waals surface area contributed by atoms with Gasteiger partial charge in [0, 0.05) is 32.1 Å². The second kappa shape index (κ2) is 5.01. The largest absolute Gasteiger partial charge is 0.301 e. The summed E-state index contributed by atoms with van der Waals surface area (Å²) in [4.78, 5) is 5.04. The van der Waals surface area contributed by atoms with Crippen LogP contribution in [0, 0.1) is 0 Å². The van der Waals surface area contributed by atoms with E-state index in [2.05, 4.69) is 23.0 Å². The fourth-order valence-electron chi connectivity index (χ4n) is 1.42. The minimum Gasteiger partial charge on any atom is -0.301 e. The SMILES string of the molecule is CCN1CCN(CSC)CC1. The number of rotatable bonds is 3. The van der Waals surface area contributed by atoms with Gasteiger partial charge < -0.3 is 4.90 Å². The maximum Gasteiger partial charge on any atom is 0.0442 e. The second-order valence-electron chi connectivity index (χ2n) is 2.97.